The van der Waals surface area contributed by atoms with E-state index in [0.717, 1.165) is 10.9 Å². The molecule has 0 saturated carbocycles. The number of anilines is 2. The highest BCUT2D eigenvalue weighted by atomic mass is 16.5. The Balaban J connectivity index is 1.96. The second kappa shape index (κ2) is 7.52. The van der Waals surface area contributed by atoms with Gasteiger partial charge in [0.15, 0.2) is 11.6 Å². The molecule has 0 saturated heterocycles. The Hall–Kier alpha value is -3.61. The predicted molar refractivity (Wildman–Crippen MR) is 99.6 cm³/mol. The van der Waals surface area contributed by atoms with Gasteiger partial charge < -0.3 is 20.8 Å². The fourth-order valence-corrected chi connectivity index (χ4v) is 2.49. The lowest BCUT2D eigenvalue weighted by Crippen LogP contribution is -2.17. The van der Waals surface area contributed by atoms with Crippen LogP contribution in [0.1, 0.15) is 17.3 Å². The molecule has 1 aromatic carbocycles. The number of aromatic amines is 1. The van der Waals surface area contributed by atoms with E-state index in [0.29, 0.717) is 11.3 Å². The van der Waals surface area contributed by atoms with Crippen LogP contribution in [0.25, 0.3) is 10.9 Å². The topological polar surface area (TPSA) is 110 Å². The molecular weight excluding hydrogens is 332 g/mol. The number of aromatic nitrogens is 2. The Labute approximate surface area is 149 Å². The minimum atomic E-state index is -0.661. The molecule has 0 spiro atoms. The first-order valence-corrected chi connectivity index (χ1v) is 8.07. The third-order valence-corrected chi connectivity index (χ3v) is 3.72. The third-order valence-electron chi connectivity index (χ3n) is 3.72. The van der Waals surface area contributed by atoms with E-state index >= 15 is 0 Å². The molecule has 26 heavy (non-hydrogen) atoms. The molecule has 0 unspecified atom stereocenters. The summed E-state index contributed by atoms with van der Waals surface area (Å²) in [5.74, 6) is -0.725. The van der Waals surface area contributed by atoms with Crippen LogP contribution in [0.5, 0.6) is 0 Å². The number of H-pyrrole nitrogens is 1. The number of nitrogen functional groups attached to an aromatic ring is 1. The number of esters is 1. The van der Waals surface area contributed by atoms with E-state index in [2.05, 4.69) is 15.3 Å². The fraction of sp³-hybridized carbons (Fsp3) is 0.105. The molecule has 0 atom stereocenters. The molecule has 2 aromatic heterocycles. The number of rotatable bonds is 6. The molecule has 0 bridgehead atoms. The number of nitrogens with one attached hydrogen (secondary N) is 2. The third kappa shape index (κ3) is 3.56. The Kier molecular flexibility index (Phi) is 4.98. The number of nitrogens with two attached hydrogens (primary N) is 1. The zero-order valence-corrected chi connectivity index (χ0v) is 14.2. The summed E-state index contributed by atoms with van der Waals surface area (Å²) in [6.45, 7) is 1.86. The number of benzene rings is 1. The van der Waals surface area contributed by atoms with E-state index in [9.17, 15) is 9.59 Å². The monoisotopic (exact) mass is 350 g/mol. The van der Waals surface area contributed by atoms with Crippen molar-refractivity contribution in [3.63, 3.8) is 0 Å². The first-order valence-electron chi connectivity index (χ1n) is 8.07. The SMILES string of the molecule is CCOC(=O)/C(=C/C(=O)c1c[nH]c2ccccc12)Nc1ncccc1N. The molecule has 2 heterocycles. The van der Waals surface area contributed by atoms with Gasteiger partial charge in [0, 0.05) is 34.9 Å². The van der Waals surface area contributed by atoms with E-state index in [1.807, 2.05) is 24.3 Å². The number of hydrogen-bond donors (Lipinski definition) is 3. The van der Waals surface area contributed by atoms with Crippen LogP contribution in [0.15, 0.2) is 60.6 Å². The number of ketones is 1. The van der Waals surface area contributed by atoms with Crippen molar-refractivity contribution in [2.24, 2.45) is 0 Å². The predicted octanol–water partition coefficient (Wildman–Crippen LogP) is 2.89. The first kappa shape index (κ1) is 17.2. The molecule has 0 aliphatic heterocycles. The summed E-state index contributed by atoms with van der Waals surface area (Å²) in [5, 5.41) is 3.56. The second-order valence-electron chi connectivity index (χ2n) is 5.46. The van der Waals surface area contributed by atoms with Gasteiger partial charge in [0.1, 0.15) is 5.70 Å². The maximum Gasteiger partial charge on any atom is 0.354 e. The zero-order valence-electron chi connectivity index (χ0n) is 14.2. The van der Waals surface area contributed by atoms with Crippen molar-refractivity contribution < 1.29 is 14.3 Å². The van der Waals surface area contributed by atoms with E-state index in [1.54, 1.807) is 25.3 Å². The number of pyridine rings is 1. The molecule has 3 rings (SSSR count). The van der Waals surface area contributed by atoms with Crippen molar-refractivity contribution in [1.82, 2.24) is 9.97 Å². The van der Waals surface area contributed by atoms with Crippen molar-refractivity contribution in [3.8, 4) is 0 Å². The van der Waals surface area contributed by atoms with Crippen LogP contribution in [-0.2, 0) is 9.53 Å². The smallest absolute Gasteiger partial charge is 0.354 e. The molecule has 7 nitrogen and oxygen atoms in total. The summed E-state index contributed by atoms with van der Waals surface area (Å²) < 4.78 is 5.02. The number of allylic oxidation sites excluding steroid dienone is 1. The van der Waals surface area contributed by atoms with Gasteiger partial charge in [-0.15, -0.1) is 0 Å². The van der Waals surface area contributed by atoms with E-state index in [-0.39, 0.29) is 23.9 Å². The minimum Gasteiger partial charge on any atom is -0.461 e. The number of para-hydroxylation sites is 1. The lowest BCUT2D eigenvalue weighted by Gasteiger charge is -2.11. The first-order chi connectivity index (χ1) is 12.6. The van der Waals surface area contributed by atoms with Crippen LogP contribution in [-0.4, -0.2) is 28.3 Å². The number of fused-ring (bicyclic) bond motifs is 1. The van der Waals surface area contributed by atoms with Crippen LogP contribution in [0, 0.1) is 0 Å². The summed E-state index contributed by atoms with van der Waals surface area (Å²) in [6.07, 6.45) is 4.34. The molecule has 0 fully saturated rings. The maximum absolute atomic E-state index is 12.7. The van der Waals surface area contributed by atoms with E-state index in [4.69, 9.17) is 10.5 Å². The summed E-state index contributed by atoms with van der Waals surface area (Å²) in [7, 11) is 0. The number of carbonyl (C=O) groups excluding carboxylic acids is 2. The Morgan fingerprint density at radius 1 is 1.27 bits per heavy atom. The maximum atomic E-state index is 12.7. The second-order valence-corrected chi connectivity index (χ2v) is 5.46. The molecule has 4 N–H and O–H groups in total. The highest BCUT2D eigenvalue weighted by Crippen LogP contribution is 2.20. The zero-order chi connectivity index (χ0) is 18.5. The van der Waals surface area contributed by atoms with Gasteiger partial charge in [0.05, 0.1) is 12.3 Å². The Morgan fingerprint density at radius 3 is 2.85 bits per heavy atom. The molecule has 7 heteroatoms. The summed E-state index contributed by atoms with van der Waals surface area (Å²) in [4.78, 5) is 32.1. The van der Waals surface area contributed by atoms with Gasteiger partial charge in [-0.05, 0) is 25.1 Å². The average molecular weight is 350 g/mol. The minimum absolute atomic E-state index is 0.0347. The highest BCUT2D eigenvalue weighted by molar-refractivity contribution is 6.15. The van der Waals surface area contributed by atoms with Gasteiger partial charge in [-0.1, -0.05) is 18.2 Å². The number of ether oxygens (including phenoxy) is 1. The van der Waals surface area contributed by atoms with Crippen molar-refractivity contribution in [1.29, 1.82) is 0 Å². The lowest BCUT2D eigenvalue weighted by molar-refractivity contribution is -0.138. The largest absolute Gasteiger partial charge is 0.461 e. The Bertz CT molecular complexity index is 991. The standard InChI is InChI=1S/C19H18N4O3/c1-2-26-19(25)16(23-18-14(20)7-5-9-21-18)10-17(24)13-11-22-15-8-4-3-6-12(13)15/h3-11,22H,2,20H2,1H3,(H,21,23)/b16-10-. The quantitative estimate of drug-likeness (QED) is 0.358. The van der Waals surface area contributed by atoms with Gasteiger partial charge in [0.25, 0.3) is 0 Å². The molecular formula is C19H18N4O3. The molecule has 3 aromatic rings. The van der Waals surface area contributed by atoms with Gasteiger partial charge in [0.2, 0.25) is 0 Å². The highest BCUT2D eigenvalue weighted by Gasteiger charge is 2.17. The summed E-state index contributed by atoms with van der Waals surface area (Å²) in [5.41, 5.74) is 7.46. The van der Waals surface area contributed by atoms with Crippen molar-refractivity contribution in [2.45, 2.75) is 6.92 Å². The molecule has 0 aliphatic carbocycles. The number of carbonyl (C=O) groups is 2. The van der Waals surface area contributed by atoms with Crippen molar-refractivity contribution >= 4 is 34.2 Å². The van der Waals surface area contributed by atoms with Gasteiger partial charge in [-0.3, -0.25) is 4.79 Å². The van der Waals surface area contributed by atoms with Crippen LogP contribution in [0.3, 0.4) is 0 Å². The Morgan fingerprint density at radius 2 is 2.08 bits per heavy atom. The van der Waals surface area contributed by atoms with E-state index in [1.165, 1.54) is 12.3 Å². The fourth-order valence-electron chi connectivity index (χ4n) is 2.49. The number of nitrogens with zero attached hydrogens (tertiary/aromatic N) is 1. The summed E-state index contributed by atoms with van der Waals surface area (Å²) in [6, 6.07) is 10.7. The van der Waals surface area contributed by atoms with Crippen LogP contribution < -0.4 is 11.1 Å². The van der Waals surface area contributed by atoms with E-state index < -0.39 is 5.97 Å². The average Bonchev–Trinajstić information content (AvgIpc) is 3.07. The molecule has 0 amide bonds. The lowest BCUT2D eigenvalue weighted by atomic mass is 10.1. The normalized spacial score (nSPS) is 11.3. The number of hydrogen-bond acceptors (Lipinski definition) is 6. The summed E-state index contributed by atoms with van der Waals surface area (Å²) >= 11 is 0. The van der Waals surface area contributed by atoms with Gasteiger partial charge in [-0.25, -0.2) is 9.78 Å². The van der Waals surface area contributed by atoms with Gasteiger partial charge >= 0.3 is 5.97 Å². The van der Waals surface area contributed by atoms with Crippen molar-refractivity contribution in [3.05, 3.63) is 66.1 Å². The van der Waals surface area contributed by atoms with Crippen LogP contribution >= 0.6 is 0 Å². The van der Waals surface area contributed by atoms with Crippen molar-refractivity contribution in [2.75, 3.05) is 17.7 Å². The molecule has 132 valence electrons. The van der Waals surface area contributed by atoms with Gasteiger partial charge in [-0.2, -0.15) is 0 Å². The van der Waals surface area contributed by atoms with Crippen LogP contribution in [0.4, 0.5) is 11.5 Å². The van der Waals surface area contributed by atoms with Crippen LogP contribution in [0.2, 0.25) is 0 Å². The molecule has 0 aliphatic rings. The molecule has 0 radical (unpaired) electrons.